The second-order valence-electron chi connectivity index (χ2n) is 9.57. The smallest absolute Gasteiger partial charge is 0.330 e. The van der Waals surface area contributed by atoms with E-state index in [0.29, 0.717) is 12.3 Å². The maximum absolute atomic E-state index is 13.4. The highest BCUT2D eigenvalue weighted by atomic mass is 32.2. The lowest BCUT2D eigenvalue weighted by atomic mass is 9.92. The van der Waals surface area contributed by atoms with Crippen molar-refractivity contribution < 1.29 is 19.4 Å². The summed E-state index contributed by atoms with van der Waals surface area (Å²) < 4.78 is 4.51. The van der Waals surface area contributed by atoms with E-state index in [9.17, 15) is 14.7 Å². The van der Waals surface area contributed by atoms with E-state index in [-0.39, 0.29) is 17.8 Å². The molecule has 1 aromatic rings. The van der Waals surface area contributed by atoms with E-state index in [1.54, 1.807) is 16.7 Å². The number of hydrogen-bond acceptors (Lipinski definition) is 6. The number of ether oxygens (including phenoxy) is 1. The van der Waals surface area contributed by atoms with E-state index in [1.165, 1.54) is 7.11 Å². The molecular formula is C26H32N2O4S. The van der Waals surface area contributed by atoms with E-state index in [1.807, 2.05) is 55.2 Å². The molecule has 1 saturated carbocycles. The number of benzene rings is 1. The number of hydrogen-bond donors (Lipinski definition) is 1. The van der Waals surface area contributed by atoms with Gasteiger partial charge < -0.3 is 14.7 Å². The molecule has 0 unspecified atom stereocenters. The summed E-state index contributed by atoms with van der Waals surface area (Å²) >= 11 is 1.59. The largest absolute Gasteiger partial charge is 0.467 e. The molecule has 6 nitrogen and oxygen atoms in total. The molecule has 0 radical (unpaired) electrons. The average molecular weight is 469 g/mol. The Morgan fingerprint density at radius 3 is 2.70 bits per heavy atom. The summed E-state index contributed by atoms with van der Waals surface area (Å²) in [6, 6.07) is 8.29. The fourth-order valence-corrected chi connectivity index (χ4v) is 6.58. The molecule has 33 heavy (non-hydrogen) atoms. The van der Waals surface area contributed by atoms with Gasteiger partial charge in [0.25, 0.3) is 0 Å². The van der Waals surface area contributed by atoms with Gasteiger partial charge >= 0.3 is 5.97 Å². The van der Waals surface area contributed by atoms with Crippen molar-refractivity contribution in [1.29, 1.82) is 0 Å². The molecular weight excluding hydrogens is 436 g/mol. The summed E-state index contributed by atoms with van der Waals surface area (Å²) in [5.74, 6) is 2.68. The highest BCUT2D eigenvalue weighted by Crippen LogP contribution is 2.52. The summed E-state index contributed by atoms with van der Waals surface area (Å²) in [7, 11) is 1.35. The van der Waals surface area contributed by atoms with Gasteiger partial charge in [-0.25, -0.2) is 4.79 Å². The summed E-state index contributed by atoms with van der Waals surface area (Å²) in [5.41, 5.74) is 1.03. The molecule has 1 amide bonds. The number of rotatable bonds is 9. The van der Waals surface area contributed by atoms with Crippen molar-refractivity contribution in [2.45, 2.75) is 67.5 Å². The second kappa shape index (κ2) is 9.54. The van der Waals surface area contributed by atoms with Gasteiger partial charge in [-0.15, -0.1) is 18.2 Å². The summed E-state index contributed by atoms with van der Waals surface area (Å²) in [5, 5.41) is 11.1. The van der Waals surface area contributed by atoms with Crippen LogP contribution in [0.4, 0.5) is 0 Å². The Bertz CT molecular complexity index is 953. The van der Waals surface area contributed by atoms with Crippen LogP contribution in [0, 0.1) is 18.3 Å². The summed E-state index contributed by atoms with van der Waals surface area (Å²) in [6.07, 6.45) is 11.9. The minimum atomic E-state index is -0.728. The molecule has 2 heterocycles. The third-order valence-electron chi connectivity index (χ3n) is 6.74. The topological polar surface area (TPSA) is 70.1 Å². The number of carbonyl (C=O) groups is 2. The minimum Gasteiger partial charge on any atom is -0.467 e. The van der Waals surface area contributed by atoms with Crippen molar-refractivity contribution in [3.05, 3.63) is 48.0 Å². The Hall–Kier alpha value is -2.27. The summed E-state index contributed by atoms with van der Waals surface area (Å²) in [6.45, 7) is 4.15. The lowest BCUT2D eigenvalue weighted by Gasteiger charge is -2.50. The molecule has 2 saturated heterocycles. The van der Waals surface area contributed by atoms with Crippen LogP contribution < -0.4 is 0 Å². The van der Waals surface area contributed by atoms with Crippen LogP contribution in [0.3, 0.4) is 0 Å². The van der Waals surface area contributed by atoms with Gasteiger partial charge in [0.2, 0.25) is 5.91 Å². The molecule has 4 rings (SSSR count). The Morgan fingerprint density at radius 1 is 1.39 bits per heavy atom. The van der Waals surface area contributed by atoms with E-state index in [2.05, 4.69) is 12.0 Å². The molecule has 0 aromatic heterocycles. The molecule has 176 valence electrons. The number of thioether (sulfide) groups is 1. The predicted octanol–water partition coefficient (Wildman–Crippen LogP) is 2.46. The van der Waals surface area contributed by atoms with E-state index >= 15 is 0 Å². The molecule has 3 fully saturated rings. The minimum absolute atomic E-state index is 0.138. The van der Waals surface area contributed by atoms with Crippen LogP contribution in [0.25, 0.3) is 0 Å². The van der Waals surface area contributed by atoms with Crippen LogP contribution in [0.1, 0.15) is 32.3 Å². The first-order chi connectivity index (χ1) is 15.8. The highest BCUT2D eigenvalue weighted by molar-refractivity contribution is 8.01. The number of amides is 1. The quantitative estimate of drug-likeness (QED) is 0.260. The van der Waals surface area contributed by atoms with E-state index < -0.39 is 34.9 Å². The van der Waals surface area contributed by atoms with E-state index in [4.69, 9.17) is 11.2 Å². The number of terminal acetylenes is 1. The lowest BCUT2D eigenvalue weighted by molar-refractivity contribution is -0.168. The van der Waals surface area contributed by atoms with Crippen LogP contribution in [-0.2, 0) is 20.7 Å². The zero-order valence-corrected chi connectivity index (χ0v) is 20.2. The van der Waals surface area contributed by atoms with Gasteiger partial charge in [0.05, 0.1) is 25.8 Å². The monoisotopic (exact) mass is 468 g/mol. The van der Waals surface area contributed by atoms with Gasteiger partial charge in [0, 0.05) is 11.2 Å². The molecule has 7 heteroatoms. The first kappa shape index (κ1) is 23.9. The van der Waals surface area contributed by atoms with Crippen molar-refractivity contribution in [2.24, 2.45) is 5.92 Å². The van der Waals surface area contributed by atoms with Crippen LogP contribution in [0.2, 0.25) is 0 Å². The van der Waals surface area contributed by atoms with Crippen LogP contribution in [0.15, 0.2) is 42.5 Å². The number of aliphatic hydroxyl groups excluding tert-OH is 1. The number of β-lactam (4-membered cyclic amide) rings is 1. The zero-order valence-electron chi connectivity index (χ0n) is 19.4. The van der Waals surface area contributed by atoms with Crippen molar-refractivity contribution in [3.63, 3.8) is 0 Å². The van der Waals surface area contributed by atoms with Crippen LogP contribution in [-0.4, -0.2) is 74.8 Å². The van der Waals surface area contributed by atoms with Gasteiger partial charge in [0.15, 0.2) is 0 Å². The normalized spacial score (nSPS) is 27.7. The number of carbonyl (C=O) groups excluding carboxylic acids is 2. The van der Waals surface area contributed by atoms with Crippen molar-refractivity contribution in [3.8, 4) is 12.3 Å². The number of allylic oxidation sites excluding steroid dienone is 1. The number of methoxy groups -OCH3 is 1. The Balaban J connectivity index is 1.61. The Morgan fingerprint density at radius 2 is 2.09 bits per heavy atom. The third kappa shape index (κ3) is 4.70. The first-order valence-electron chi connectivity index (χ1n) is 11.5. The maximum Gasteiger partial charge on any atom is 0.330 e. The average Bonchev–Trinajstić information content (AvgIpc) is 3.57. The molecule has 2 aliphatic heterocycles. The van der Waals surface area contributed by atoms with Crippen molar-refractivity contribution in [1.82, 2.24) is 9.80 Å². The first-order valence-corrected chi connectivity index (χ1v) is 12.3. The van der Waals surface area contributed by atoms with Crippen LogP contribution >= 0.6 is 11.8 Å². The molecule has 5 atom stereocenters. The van der Waals surface area contributed by atoms with E-state index in [0.717, 1.165) is 18.4 Å². The SMILES string of the molecule is C#CCN([C@@H]1C(=O)N2[C@@H]1SC(C)(C)[C@@H]2C(=O)OC)[C@@H](/C=C/C1CC1)[C@H](O)Cc1ccccc1. The molecule has 1 N–H and O–H groups in total. The van der Waals surface area contributed by atoms with Gasteiger partial charge in [-0.3, -0.25) is 9.69 Å². The molecule has 0 bridgehead atoms. The fourth-order valence-electron chi connectivity index (χ4n) is 4.88. The van der Waals surface area contributed by atoms with Gasteiger partial charge in [-0.1, -0.05) is 48.4 Å². The van der Waals surface area contributed by atoms with Crippen LogP contribution in [0.5, 0.6) is 0 Å². The predicted molar refractivity (Wildman–Crippen MR) is 129 cm³/mol. The standard InChI is InChI=1S/C26H32N2O4S/c1-5-15-27(21-23(30)28-22(25(31)32-4)26(2,3)33-24(21)28)19(14-13-17-11-12-17)20(29)16-18-9-7-6-8-10-18/h1,6-10,13-14,17,19-22,24,29H,11-12,15-16H2,2-4H3/b14-13+/t19-,20+,21+,22-,24+/m0/s1. The maximum atomic E-state index is 13.4. The summed E-state index contributed by atoms with van der Waals surface area (Å²) in [4.78, 5) is 29.5. The zero-order chi connectivity index (χ0) is 23.8. The highest BCUT2D eigenvalue weighted by Gasteiger charge is 2.65. The molecule has 1 aliphatic carbocycles. The van der Waals surface area contributed by atoms with Crippen molar-refractivity contribution in [2.75, 3.05) is 13.7 Å². The number of aliphatic hydroxyl groups is 1. The van der Waals surface area contributed by atoms with Gasteiger partial charge in [0.1, 0.15) is 17.5 Å². The lowest BCUT2D eigenvalue weighted by Crippen LogP contribution is -2.72. The Kier molecular flexibility index (Phi) is 6.90. The number of esters is 1. The molecule has 0 spiro atoms. The van der Waals surface area contributed by atoms with Gasteiger partial charge in [-0.05, 0) is 38.2 Å². The molecule has 3 aliphatic rings. The van der Waals surface area contributed by atoms with Gasteiger partial charge in [-0.2, -0.15) is 0 Å². The number of fused-ring (bicyclic) bond motifs is 1. The second-order valence-corrected chi connectivity index (χ2v) is 11.3. The number of nitrogens with zero attached hydrogens (tertiary/aromatic N) is 2. The molecule has 1 aromatic carbocycles. The fraction of sp³-hybridized carbons (Fsp3) is 0.538. The Labute approximate surface area is 200 Å². The van der Waals surface area contributed by atoms with Crippen molar-refractivity contribution >= 4 is 23.6 Å². The third-order valence-corrected chi connectivity index (χ3v) is 8.29.